The number of rotatable bonds is 6. The molecule has 2 rings (SSSR count). The van der Waals surface area contributed by atoms with E-state index in [2.05, 4.69) is 10.6 Å². The van der Waals surface area contributed by atoms with Gasteiger partial charge in [0.2, 0.25) is 5.91 Å². The molecule has 0 radical (unpaired) electrons. The molecule has 2 amide bonds. The van der Waals surface area contributed by atoms with Gasteiger partial charge in [0.05, 0.1) is 12.1 Å². The van der Waals surface area contributed by atoms with Gasteiger partial charge < -0.3 is 15.4 Å². The number of esters is 1. The molecule has 0 aliphatic carbocycles. The number of hydrogen-bond donors (Lipinski definition) is 2. The molecule has 0 spiro atoms. The van der Waals surface area contributed by atoms with Gasteiger partial charge in [0.25, 0.3) is 5.91 Å². The van der Waals surface area contributed by atoms with Crippen LogP contribution in [0, 0.1) is 13.8 Å². The first kappa shape index (κ1) is 19.5. The minimum atomic E-state index is -0.642. The highest BCUT2D eigenvalue weighted by atomic mass is 35.5. The first-order valence-corrected chi connectivity index (χ1v) is 8.30. The molecule has 0 atom stereocenters. The number of carbonyl (C=O) groups is 3. The van der Waals surface area contributed by atoms with Gasteiger partial charge in [-0.3, -0.25) is 9.59 Å². The Balaban J connectivity index is 1.76. The van der Waals surface area contributed by atoms with E-state index in [4.69, 9.17) is 16.3 Å². The Kier molecular flexibility index (Phi) is 6.74. The minimum Gasteiger partial charge on any atom is -0.452 e. The maximum absolute atomic E-state index is 11.9. The van der Waals surface area contributed by atoms with Crippen LogP contribution >= 0.6 is 11.6 Å². The molecule has 6 nitrogen and oxygen atoms in total. The monoisotopic (exact) mass is 374 g/mol. The van der Waals surface area contributed by atoms with E-state index in [0.717, 1.165) is 11.1 Å². The fourth-order valence-electron chi connectivity index (χ4n) is 2.11. The molecule has 0 heterocycles. The quantitative estimate of drug-likeness (QED) is 0.761. The van der Waals surface area contributed by atoms with Gasteiger partial charge in [-0.15, -0.1) is 0 Å². The highest BCUT2D eigenvalue weighted by molar-refractivity contribution is 6.30. The van der Waals surface area contributed by atoms with E-state index in [-0.39, 0.29) is 18.0 Å². The number of carbonyl (C=O) groups excluding carboxylic acids is 3. The van der Waals surface area contributed by atoms with Gasteiger partial charge in [-0.05, 0) is 55.3 Å². The summed E-state index contributed by atoms with van der Waals surface area (Å²) in [7, 11) is 0. The van der Waals surface area contributed by atoms with Crippen LogP contribution in [0.25, 0.3) is 0 Å². The van der Waals surface area contributed by atoms with Crippen molar-refractivity contribution in [2.45, 2.75) is 13.8 Å². The van der Waals surface area contributed by atoms with Gasteiger partial charge in [-0.25, -0.2) is 4.79 Å². The molecule has 0 bridgehead atoms. The second kappa shape index (κ2) is 9.01. The summed E-state index contributed by atoms with van der Waals surface area (Å²) in [5.41, 5.74) is 3.00. The Bertz CT molecular complexity index is 819. The average Bonchev–Trinajstić information content (AvgIpc) is 2.62. The predicted octanol–water partition coefficient (Wildman–Crippen LogP) is 2.87. The molecule has 0 saturated heterocycles. The maximum atomic E-state index is 11.9. The smallest absolute Gasteiger partial charge is 0.338 e. The van der Waals surface area contributed by atoms with Crippen LogP contribution in [0.1, 0.15) is 21.5 Å². The number of ether oxygens (including phenoxy) is 1. The molecule has 0 saturated carbocycles. The first-order valence-electron chi connectivity index (χ1n) is 7.92. The second-order valence-electron chi connectivity index (χ2n) is 5.66. The van der Waals surface area contributed by atoms with Crippen LogP contribution in [0.15, 0.2) is 42.5 Å². The summed E-state index contributed by atoms with van der Waals surface area (Å²) < 4.78 is 4.89. The fourth-order valence-corrected chi connectivity index (χ4v) is 2.24. The van der Waals surface area contributed by atoms with E-state index in [0.29, 0.717) is 10.7 Å². The number of amides is 2. The Morgan fingerprint density at radius 1 is 1.00 bits per heavy atom. The normalized spacial score (nSPS) is 10.1. The Morgan fingerprint density at radius 3 is 2.38 bits per heavy atom. The third kappa shape index (κ3) is 5.60. The van der Waals surface area contributed by atoms with Gasteiger partial charge in [0.1, 0.15) is 0 Å². The van der Waals surface area contributed by atoms with Crippen LogP contribution in [0.2, 0.25) is 5.02 Å². The van der Waals surface area contributed by atoms with Gasteiger partial charge >= 0.3 is 5.97 Å². The summed E-state index contributed by atoms with van der Waals surface area (Å²) >= 11 is 5.74. The Labute approximate surface area is 156 Å². The highest BCUT2D eigenvalue weighted by Gasteiger charge is 2.12. The maximum Gasteiger partial charge on any atom is 0.338 e. The van der Waals surface area contributed by atoms with Crippen LogP contribution < -0.4 is 10.6 Å². The lowest BCUT2D eigenvalue weighted by Crippen LogP contribution is -2.35. The van der Waals surface area contributed by atoms with Gasteiger partial charge in [0.15, 0.2) is 6.61 Å². The van der Waals surface area contributed by atoms with Crippen molar-refractivity contribution >= 4 is 35.1 Å². The average molecular weight is 375 g/mol. The summed E-state index contributed by atoms with van der Waals surface area (Å²) in [6.45, 7) is 3.16. The third-order valence-corrected chi connectivity index (χ3v) is 3.99. The summed E-state index contributed by atoms with van der Waals surface area (Å²) in [5.74, 6) is -1.57. The number of anilines is 1. The van der Waals surface area contributed by atoms with Gasteiger partial charge in [-0.2, -0.15) is 0 Å². The Morgan fingerprint density at radius 2 is 1.69 bits per heavy atom. The lowest BCUT2D eigenvalue weighted by molar-refractivity contribution is -0.126. The zero-order valence-corrected chi connectivity index (χ0v) is 15.2. The van der Waals surface area contributed by atoms with Crippen molar-refractivity contribution in [3.63, 3.8) is 0 Å². The number of aryl methyl sites for hydroxylation is 1. The van der Waals surface area contributed by atoms with E-state index in [1.807, 2.05) is 26.0 Å². The SMILES string of the molecule is Cc1cccc(NC(=O)CNC(=O)COC(=O)c2ccc(Cl)cc2)c1C. The van der Waals surface area contributed by atoms with Crippen molar-refractivity contribution in [2.24, 2.45) is 0 Å². The van der Waals surface area contributed by atoms with E-state index < -0.39 is 18.5 Å². The van der Waals surface area contributed by atoms with Crippen LogP contribution in [-0.2, 0) is 14.3 Å². The van der Waals surface area contributed by atoms with Crippen molar-refractivity contribution in [2.75, 3.05) is 18.5 Å². The molecular weight excluding hydrogens is 356 g/mol. The van der Waals surface area contributed by atoms with Crippen molar-refractivity contribution in [3.8, 4) is 0 Å². The number of benzene rings is 2. The van der Waals surface area contributed by atoms with Gasteiger partial charge in [0, 0.05) is 10.7 Å². The van der Waals surface area contributed by atoms with E-state index >= 15 is 0 Å². The van der Waals surface area contributed by atoms with Crippen molar-refractivity contribution < 1.29 is 19.1 Å². The fraction of sp³-hybridized carbons (Fsp3) is 0.211. The largest absolute Gasteiger partial charge is 0.452 e. The number of halogens is 1. The van der Waals surface area contributed by atoms with Crippen molar-refractivity contribution in [1.82, 2.24) is 5.32 Å². The van der Waals surface area contributed by atoms with Crippen LogP contribution in [-0.4, -0.2) is 30.9 Å². The zero-order valence-electron chi connectivity index (χ0n) is 14.5. The molecule has 2 N–H and O–H groups in total. The molecular formula is C19H19ClN2O4. The van der Waals surface area contributed by atoms with Crippen LogP contribution in [0.3, 0.4) is 0 Å². The van der Waals surface area contributed by atoms with Crippen molar-refractivity contribution in [1.29, 1.82) is 0 Å². The van der Waals surface area contributed by atoms with Crippen LogP contribution in [0.4, 0.5) is 5.69 Å². The molecule has 2 aromatic rings. The number of nitrogens with one attached hydrogen (secondary N) is 2. The number of hydrogen-bond acceptors (Lipinski definition) is 4. The predicted molar refractivity (Wildman–Crippen MR) is 99.3 cm³/mol. The topological polar surface area (TPSA) is 84.5 Å². The molecule has 26 heavy (non-hydrogen) atoms. The summed E-state index contributed by atoms with van der Waals surface area (Å²) in [5, 5.41) is 5.63. The summed E-state index contributed by atoms with van der Waals surface area (Å²) in [6, 6.07) is 11.7. The second-order valence-corrected chi connectivity index (χ2v) is 6.09. The molecule has 0 aliphatic heterocycles. The lowest BCUT2D eigenvalue weighted by atomic mass is 10.1. The van der Waals surface area contributed by atoms with E-state index in [1.54, 1.807) is 18.2 Å². The molecule has 0 fully saturated rings. The van der Waals surface area contributed by atoms with E-state index in [9.17, 15) is 14.4 Å². The van der Waals surface area contributed by atoms with Crippen LogP contribution in [0.5, 0.6) is 0 Å². The Hall–Kier alpha value is -2.86. The molecule has 0 aliphatic rings. The molecule has 0 unspecified atom stereocenters. The molecule has 0 aromatic heterocycles. The van der Waals surface area contributed by atoms with Gasteiger partial charge in [-0.1, -0.05) is 23.7 Å². The zero-order chi connectivity index (χ0) is 19.1. The standard InChI is InChI=1S/C19H19ClN2O4/c1-12-4-3-5-16(13(12)2)22-17(23)10-21-18(24)11-26-19(25)14-6-8-15(20)9-7-14/h3-9H,10-11H2,1-2H3,(H,21,24)(H,22,23). The lowest BCUT2D eigenvalue weighted by Gasteiger charge is -2.11. The summed E-state index contributed by atoms with van der Waals surface area (Å²) in [6.07, 6.45) is 0. The minimum absolute atomic E-state index is 0.218. The van der Waals surface area contributed by atoms with E-state index in [1.165, 1.54) is 12.1 Å². The first-order chi connectivity index (χ1) is 12.4. The molecule has 136 valence electrons. The molecule has 2 aromatic carbocycles. The third-order valence-electron chi connectivity index (χ3n) is 3.74. The highest BCUT2D eigenvalue weighted by Crippen LogP contribution is 2.17. The molecule has 7 heteroatoms. The van der Waals surface area contributed by atoms with Crippen molar-refractivity contribution in [3.05, 3.63) is 64.2 Å². The summed E-state index contributed by atoms with van der Waals surface area (Å²) in [4.78, 5) is 35.4.